The maximum Gasteiger partial charge on any atom is 0.130 e. The highest BCUT2D eigenvalue weighted by Crippen LogP contribution is 2.28. The summed E-state index contributed by atoms with van der Waals surface area (Å²) >= 11 is 10.7. The molecule has 2 heterocycles. The van der Waals surface area contributed by atoms with Crippen LogP contribution in [0.1, 0.15) is 5.82 Å². The van der Waals surface area contributed by atoms with E-state index in [1.54, 1.807) is 17.5 Å². The van der Waals surface area contributed by atoms with Crippen LogP contribution in [0.25, 0.3) is 10.6 Å². The Morgan fingerprint density at radius 3 is 3.00 bits per heavy atom. The number of thiophene rings is 1. The second-order valence-electron chi connectivity index (χ2n) is 2.93. The zero-order chi connectivity index (χ0) is 10.7. The minimum absolute atomic E-state index is 0.553. The van der Waals surface area contributed by atoms with E-state index in [0.717, 1.165) is 20.9 Å². The largest absolute Gasteiger partial charge is 0.241 e. The van der Waals surface area contributed by atoms with Crippen LogP contribution >= 0.6 is 38.9 Å². The molecule has 0 atom stereocenters. The first-order valence-electron chi connectivity index (χ1n) is 4.42. The second kappa shape index (κ2) is 5.05. The van der Waals surface area contributed by atoms with Crippen LogP contribution in [0.3, 0.4) is 0 Å². The minimum Gasteiger partial charge on any atom is -0.241 e. The van der Waals surface area contributed by atoms with Crippen molar-refractivity contribution in [2.75, 3.05) is 5.88 Å². The van der Waals surface area contributed by atoms with E-state index >= 15 is 0 Å². The van der Waals surface area contributed by atoms with Gasteiger partial charge in [-0.2, -0.15) is 0 Å². The second-order valence-corrected chi connectivity index (χ2v) is 5.13. The van der Waals surface area contributed by atoms with Crippen molar-refractivity contribution in [2.24, 2.45) is 0 Å². The van der Waals surface area contributed by atoms with Crippen molar-refractivity contribution in [3.63, 3.8) is 0 Å². The van der Waals surface area contributed by atoms with Crippen LogP contribution in [0.15, 0.2) is 28.2 Å². The molecule has 0 saturated carbocycles. The molecule has 0 aromatic carbocycles. The highest BCUT2D eigenvalue weighted by atomic mass is 79.9. The Balaban J connectivity index is 2.32. The van der Waals surface area contributed by atoms with Crippen LogP contribution in [0, 0.1) is 0 Å². The molecule has 2 aromatic heterocycles. The number of hydrogen-bond donors (Lipinski definition) is 0. The van der Waals surface area contributed by atoms with E-state index in [0.29, 0.717) is 12.3 Å². The molecule has 0 bridgehead atoms. The van der Waals surface area contributed by atoms with Gasteiger partial charge in [-0.1, -0.05) is 0 Å². The van der Waals surface area contributed by atoms with Crippen LogP contribution in [-0.2, 0) is 6.42 Å². The summed E-state index contributed by atoms with van der Waals surface area (Å²) in [4.78, 5) is 9.74. The van der Waals surface area contributed by atoms with Gasteiger partial charge >= 0.3 is 0 Å². The summed E-state index contributed by atoms with van der Waals surface area (Å²) in [5.74, 6) is 1.35. The van der Waals surface area contributed by atoms with Gasteiger partial charge in [-0.3, -0.25) is 0 Å². The highest BCUT2D eigenvalue weighted by molar-refractivity contribution is 9.10. The predicted molar refractivity (Wildman–Crippen MR) is 67.5 cm³/mol. The lowest BCUT2D eigenvalue weighted by Crippen LogP contribution is -1.96. The van der Waals surface area contributed by atoms with Crippen LogP contribution in [0.5, 0.6) is 0 Å². The van der Waals surface area contributed by atoms with Crippen molar-refractivity contribution < 1.29 is 0 Å². The molecule has 0 unspecified atom stereocenters. The van der Waals surface area contributed by atoms with Gasteiger partial charge in [-0.25, -0.2) is 9.97 Å². The van der Waals surface area contributed by atoms with Crippen molar-refractivity contribution in [2.45, 2.75) is 6.42 Å². The van der Waals surface area contributed by atoms with Gasteiger partial charge in [0, 0.05) is 28.4 Å². The summed E-state index contributed by atoms with van der Waals surface area (Å²) in [6, 6.07) is 3.97. The topological polar surface area (TPSA) is 25.8 Å². The highest BCUT2D eigenvalue weighted by Gasteiger charge is 2.04. The van der Waals surface area contributed by atoms with Gasteiger partial charge in [0.1, 0.15) is 5.82 Å². The lowest BCUT2D eigenvalue weighted by Gasteiger charge is -1.99. The van der Waals surface area contributed by atoms with E-state index in [1.807, 2.05) is 11.4 Å². The number of alkyl halides is 1. The van der Waals surface area contributed by atoms with Gasteiger partial charge in [0.15, 0.2) is 0 Å². The lowest BCUT2D eigenvalue weighted by atomic mass is 10.3. The number of aromatic nitrogens is 2. The quantitative estimate of drug-likeness (QED) is 0.807. The third-order valence-electron chi connectivity index (χ3n) is 1.84. The van der Waals surface area contributed by atoms with Gasteiger partial charge in [0.25, 0.3) is 0 Å². The van der Waals surface area contributed by atoms with Crippen LogP contribution in [0.4, 0.5) is 0 Å². The molecule has 0 fully saturated rings. The van der Waals surface area contributed by atoms with Gasteiger partial charge in [0.05, 0.1) is 10.6 Å². The average Bonchev–Trinajstić information content (AvgIpc) is 2.66. The van der Waals surface area contributed by atoms with Crippen LogP contribution in [-0.4, -0.2) is 15.8 Å². The van der Waals surface area contributed by atoms with Crippen molar-refractivity contribution in [1.82, 2.24) is 9.97 Å². The Morgan fingerprint density at radius 2 is 2.33 bits per heavy atom. The van der Waals surface area contributed by atoms with Crippen molar-refractivity contribution in [3.8, 4) is 10.6 Å². The number of rotatable bonds is 3. The van der Waals surface area contributed by atoms with Crippen LogP contribution in [0.2, 0.25) is 0 Å². The maximum absolute atomic E-state index is 5.65. The monoisotopic (exact) mass is 302 g/mol. The van der Waals surface area contributed by atoms with E-state index in [2.05, 4.69) is 32.0 Å². The summed E-state index contributed by atoms with van der Waals surface area (Å²) in [5, 5.41) is 2.04. The van der Waals surface area contributed by atoms with Gasteiger partial charge in [-0.05, 0) is 28.1 Å². The number of aryl methyl sites for hydroxylation is 1. The predicted octanol–water partition coefficient (Wildman–Crippen LogP) is 3.75. The Bertz CT molecular complexity index is 458. The standard InChI is InChI=1S/C10H8BrClN2S/c11-7-5-9(15-6-7)8-2-4-13-10(14-8)1-3-12/h2,4-6H,1,3H2. The molecule has 0 radical (unpaired) electrons. The molecule has 0 aliphatic carbocycles. The van der Waals surface area contributed by atoms with E-state index in [4.69, 9.17) is 11.6 Å². The molecule has 0 spiro atoms. The van der Waals surface area contributed by atoms with E-state index in [-0.39, 0.29) is 0 Å². The smallest absolute Gasteiger partial charge is 0.130 e. The Hall–Kier alpha value is -0.450. The van der Waals surface area contributed by atoms with E-state index in [1.165, 1.54) is 0 Å². The number of hydrogen-bond acceptors (Lipinski definition) is 3. The molecular weight excluding hydrogens is 296 g/mol. The Labute approximate surface area is 105 Å². The normalized spacial score (nSPS) is 10.5. The molecule has 0 aliphatic heterocycles. The molecule has 2 nitrogen and oxygen atoms in total. The third-order valence-corrected chi connectivity index (χ3v) is 3.75. The zero-order valence-electron chi connectivity index (χ0n) is 7.78. The van der Waals surface area contributed by atoms with Crippen molar-refractivity contribution in [1.29, 1.82) is 0 Å². The van der Waals surface area contributed by atoms with Gasteiger partial charge in [0.2, 0.25) is 0 Å². The molecule has 15 heavy (non-hydrogen) atoms. The number of nitrogens with zero attached hydrogens (tertiary/aromatic N) is 2. The molecule has 0 amide bonds. The van der Waals surface area contributed by atoms with Crippen LogP contribution < -0.4 is 0 Å². The molecule has 78 valence electrons. The minimum atomic E-state index is 0.553. The summed E-state index contributed by atoms with van der Waals surface area (Å²) in [6.07, 6.45) is 2.49. The average molecular weight is 304 g/mol. The molecular formula is C10H8BrClN2S. The molecule has 2 rings (SSSR count). The molecule has 5 heteroatoms. The molecule has 2 aromatic rings. The maximum atomic E-state index is 5.65. The van der Waals surface area contributed by atoms with Crippen molar-refractivity contribution in [3.05, 3.63) is 34.0 Å². The summed E-state index contributed by atoms with van der Waals surface area (Å²) in [6.45, 7) is 0. The third kappa shape index (κ3) is 2.77. The molecule has 0 saturated heterocycles. The fourth-order valence-corrected chi connectivity index (χ4v) is 2.76. The first kappa shape index (κ1) is 11.0. The zero-order valence-corrected chi connectivity index (χ0v) is 10.9. The summed E-state index contributed by atoms with van der Waals surface area (Å²) in [5.41, 5.74) is 0.959. The number of halogens is 2. The first-order valence-corrected chi connectivity index (χ1v) is 6.62. The van der Waals surface area contributed by atoms with Gasteiger partial charge in [-0.15, -0.1) is 22.9 Å². The first-order chi connectivity index (χ1) is 7.29. The Kier molecular flexibility index (Phi) is 3.72. The summed E-state index contributed by atoms with van der Waals surface area (Å²) < 4.78 is 1.08. The van der Waals surface area contributed by atoms with E-state index in [9.17, 15) is 0 Å². The van der Waals surface area contributed by atoms with Gasteiger partial charge < -0.3 is 0 Å². The van der Waals surface area contributed by atoms with E-state index < -0.39 is 0 Å². The molecule has 0 aliphatic rings. The van der Waals surface area contributed by atoms with Crippen molar-refractivity contribution >= 4 is 38.9 Å². The summed E-state index contributed by atoms with van der Waals surface area (Å²) in [7, 11) is 0. The Morgan fingerprint density at radius 1 is 1.47 bits per heavy atom. The fraction of sp³-hybridized carbons (Fsp3) is 0.200. The fourth-order valence-electron chi connectivity index (χ4n) is 1.19. The molecule has 0 N–H and O–H groups in total. The lowest BCUT2D eigenvalue weighted by molar-refractivity contribution is 0.949. The SMILES string of the molecule is ClCCc1nccc(-c2cc(Br)cs2)n1.